The highest BCUT2D eigenvalue weighted by atomic mass is 15.2. The molecule has 2 N–H and O–H groups in total. The van der Waals surface area contributed by atoms with Crippen LogP contribution in [0.3, 0.4) is 0 Å². The number of pyridine rings is 1. The number of nitrogen functional groups attached to an aromatic ring is 1. The number of hydrogen-bond acceptors (Lipinski definition) is 3. The number of nitrogens with zero attached hydrogens (tertiary/aromatic N) is 2. The third kappa shape index (κ3) is 2.90. The lowest BCUT2D eigenvalue weighted by molar-refractivity contribution is 0.361. The summed E-state index contributed by atoms with van der Waals surface area (Å²) in [4.78, 5) is 6.63. The second-order valence-electron chi connectivity index (χ2n) is 5.25. The molecule has 0 aliphatic heterocycles. The Kier molecular flexibility index (Phi) is 3.87. The number of hydrogen-bond donors (Lipinski definition) is 1. The van der Waals surface area contributed by atoms with Crippen molar-refractivity contribution < 1.29 is 0 Å². The van der Waals surface area contributed by atoms with Gasteiger partial charge in [0.15, 0.2) is 5.82 Å². The van der Waals surface area contributed by atoms with E-state index in [2.05, 4.69) is 16.9 Å². The molecule has 1 aromatic heterocycles. The van der Waals surface area contributed by atoms with Gasteiger partial charge >= 0.3 is 0 Å². The van der Waals surface area contributed by atoms with Crippen molar-refractivity contribution in [3.05, 3.63) is 17.8 Å². The van der Waals surface area contributed by atoms with Gasteiger partial charge in [0.05, 0.1) is 5.69 Å². The van der Waals surface area contributed by atoms with Crippen LogP contribution < -0.4 is 10.6 Å². The minimum Gasteiger partial charge on any atom is -0.396 e. The third-order valence-corrected chi connectivity index (χ3v) is 3.81. The van der Waals surface area contributed by atoms with E-state index in [0.29, 0.717) is 0 Å². The summed E-state index contributed by atoms with van der Waals surface area (Å²) in [5.74, 6) is 1.76. The van der Waals surface area contributed by atoms with Crippen molar-refractivity contribution in [1.82, 2.24) is 4.98 Å². The van der Waals surface area contributed by atoms with E-state index < -0.39 is 0 Å². The van der Waals surface area contributed by atoms with Gasteiger partial charge in [-0.25, -0.2) is 4.98 Å². The Bertz CT molecular complexity index is 370. The number of rotatable bonds is 3. The molecule has 0 radical (unpaired) electrons. The molecule has 1 aliphatic carbocycles. The molecule has 0 unspecified atom stereocenters. The number of anilines is 2. The van der Waals surface area contributed by atoms with Gasteiger partial charge in [0.1, 0.15) is 0 Å². The molecule has 1 aliphatic rings. The highest BCUT2D eigenvalue weighted by Crippen LogP contribution is 2.27. The van der Waals surface area contributed by atoms with Crippen LogP contribution in [0.25, 0.3) is 0 Å². The Morgan fingerprint density at radius 1 is 1.35 bits per heavy atom. The second-order valence-corrected chi connectivity index (χ2v) is 5.25. The first kappa shape index (κ1) is 12.2. The molecule has 1 aromatic rings. The molecular weight excluding hydrogens is 210 g/mol. The van der Waals surface area contributed by atoms with Crippen LogP contribution in [-0.2, 0) is 0 Å². The number of aryl methyl sites for hydroxylation is 1. The molecule has 0 spiro atoms. The Morgan fingerprint density at radius 2 is 2.06 bits per heavy atom. The first-order chi connectivity index (χ1) is 8.18. The van der Waals surface area contributed by atoms with E-state index in [0.717, 1.165) is 29.5 Å². The Morgan fingerprint density at radius 3 is 2.76 bits per heavy atom. The standard InChI is InChI=1S/C14H23N3/c1-11-8-9-16-14(13(11)15)17(2)10-12-6-4-3-5-7-12/h8-9,12H,3-7,10,15H2,1-2H3. The zero-order chi connectivity index (χ0) is 12.3. The lowest BCUT2D eigenvalue weighted by Crippen LogP contribution is -2.28. The number of aromatic nitrogens is 1. The molecule has 94 valence electrons. The molecule has 1 saturated carbocycles. The van der Waals surface area contributed by atoms with E-state index in [9.17, 15) is 0 Å². The summed E-state index contributed by atoms with van der Waals surface area (Å²) < 4.78 is 0. The lowest BCUT2D eigenvalue weighted by Gasteiger charge is -2.28. The summed E-state index contributed by atoms with van der Waals surface area (Å²) >= 11 is 0. The highest BCUT2D eigenvalue weighted by molar-refractivity contribution is 5.65. The maximum Gasteiger partial charge on any atom is 0.151 e. The predicted octanol–water partition coefficient (Wildman–Crippen LogP) is 2.99. The molecular formula is C14H23N3. The van der Waals surface area contributed by atoms with E-state index >= 15 is 0 Å². The molecule has 0 atom stereocenters. The third-order valence-electron chi connectivity index (χ3n) is 3.81. The van der Waals surface area contributed by atoms with Crippen LogP contribution in [0.15, 0.2) is 12.3 Å². The van der Waals surface area contributed by atoms with Gasteiger partial charge in [0.25, 0.3) is 0 Å². The monoisotopic (exact) mass is 233 g/mol. The Hall–Kier alpha value is -1.25. The number of nitrogens with two attached hydrogens (primary N) is 1. The average Bonchev–Trinajstić information content (AvgIpc) is 2.34. The van der Waals surface area contributed by atoms with Gasteiger partial charge in [-0.3, -0.25) is 0 Å². The van der Waals surface area contributed by atoms with Crippen LogP contribution in [0.4, 0.5) is 11.5 Å². The molecule has 1 fully saturated rings. The molecule has 1 heterocycles. The van der Waals surface area contributed by atoms with Crippen LogP contribution in [0.1, 0.15) is 37.7 Å². The maximum absolute atomic E-state index is 6.08. The molecule has 3 nitrogen and oxygen atoms in total. The van der Waals surface area contributed by atoms with Crippen molar-refractivity contribution in [3.63, 3.8) is 0 Å². The van der Waals surface area contributed by atoms with E-state index in [1.807, 2.05) is 19.2 Å². The summed E-state index contributed by atoms with van der Waals surface area (Å²) in [6.07, 6.45) is 8.74. The summed E-state index contributed by atoms with van der Waals surface area (Å²) in [6.45, 7) is 3.12. The normalized spacial score (nSPS) is 17.1. The van der Waals surface area contributed by atoms with Gasteiger partial charge in [0.2, 0.25) is 0 Å². The minimum atomic E-state index is 0.815. The molecule has 0 bridgehead atoms. The van der Waals surface area contributed by atoms with Crippen molar-refractivity contribution in [2.45, 2.75) is 39.0 Å². The van der Waals surface area contributed by atoms with Crippen LogP contribution in [0, 0.1) is 12.8 Å². The van der Waals surface area contributed by atoms with Crippen molar-refractivity contribution in [3.8, 4) is 0 Å². The van der Waals surface area contributed by atoms with Crippen molar-refractivity contribution in [2.75, 3.05) is 24.2 Å². The highest BCUT2D eigenvalue weighted by Gasteiger charge is 2.17. The van der Waals surface area contributed by atoms with Gasteiger partial charge < -0.3 is 10.6 Å². The van der Waals surface area contributed by atoms with Crippen LogP contribution in [-0.4, -0.2) is 18.6 Å². The molecule has 0 aromatic carbocycles. The largest absolute Gasteiger partial charge is 0.396 e. The van der Waals surface area contributed by atoms with Gasteiger partial charge in [-0.1, -0.05) is 19.3 Å². The topological polar surface area (TPSA) is 42.2 Å². The molecule has 0 saturated heterocycles. The Balaban J connectivity index is 2.03. The zero-order valence-corrected chi connectivity index (χ0v) is 10.9. The van der Waals surface area contributed by atoms with Crippen molar-refractivity contribution in [2.24, 2.45) is 5.92 Å². The van der Waals surface area contributed by atoms with Crippen LogP contribution >= 0.6 is 0 Å². The van der Waals surface area contributed by atoms with Gasteiger partial charge in [-0.2, -0.15) is 0 Å². The minimum absolute atomic E-state index is 0.815. The first-order valence-corrected chi connectivity index (χ1v) is 6.60. The fourth-order valence-corrected chi connectivity index (χ4v) is 2.70. The quantitative estimate of drug-likeness (QED) is 0.872. The van der Waals surface area contributed by atoms with E-state index in [4.69, 9.17) is 5.73 Å². The first-order valence-electron chi connectivity index (χ1n) is 6.60. The second kappa shape index (κ2) is 5.39. The fourth-order valence-electron chi connectivity index (χ4n) is 2.70. The van der Waals surface area contributed by atoms with Crippen LogP contribution in [0.5, 0.6) is 0 Å². The summed E-state index contributed by atoms with van der Waals surface area (Å²) in [6, 6.07) is 1.97. The maximum atomic E-state index is 6.08. The summed E-state index contributed by atoms with van der Waals surface area (Å²) in [5.41, 5.74) is 8.03. The van der Waals surface area contributed by atoms with Crippen molar-refractivity contribution >= 4 is 11.5 Å². The van der Waals surface area contributed by atoms with Crippen LogP contribution in [0.2, 0.25) is 0 Å². The Labute approximate surface area is 104 Å². The lowest BCUT2D eigenvalue weighted by atomic mass is 9.89. The smallest absolute Gasteiger partial charge is 0.151 e. The van der Waals surface area contributed by atoms with Gasteiger partial charge in [-0.15, -0.1) is 0 Å². The van der Waals surface area contributed by atoms with Gasteiger partial charge in [-0.05, 0) is 37.3 Å². The predicted molar refractivity (Wildman–Crippen MR) is 73.2 cm³/mol. The SMILES string of the molecule is Cc1ccnc(N(C)CC2CCCCC2)c1N. The summed E-state index contributed by atoms with van der Waals surface area (Å²) in [7, 11) is 2.10. The zero-order valence-electron chi connectivity index (χ0n) is 10.9. The molecule has 17 heavy (non-hydrogen) atoms. The summed E-state index contributed by atoms with van der Waals surface area (Å²) in [5, 5.41) is 0. The molecule has 2 rings (SSSR count). The van der Waals surface area contributed by atoms with Gasteiger partial charge in [0, 0.05) is 19.8 Å². The average molecular weight is 233 g/mol. The van der Waals surface area contributed by atoms with E-state index in [1.165, 1.54) is 32.1 Å². The molecule has 0 amide bonds. The van der Waals surface area contributed by atoms with E-state index in [-0.39, 0.29) is 0 Å². The van der Waals surface area contributed by atoms with E-state index in [1.54, 1.807) is 0 Å². The van der Waals surface area contributed by atoms with Crippen molar-refractivity contribution in [1.29, 1.82) is 0 Å². The fraction of sp³-hybridized carbons (Fsp3) is 0.643. The molecule has 3 heteroatoms.